The van der Waals surface area contributed by atoms with E-state index < -0.39 is 50.6 Å². The molecule has 0 aliphatic carbocycles. The molecular weight excluding hydrogens is 666 g/mol. The number of halogens is 3. The molecule has 0 fully saturated rings. The molecule has 0 spiro atoms. The van der Waals surface area contributed by atoms with E-state index in [-0.39, 0.29) is 19.6 Å². The number of hydrogen-bond acceptors (Lipinski definition) is 10. The molecule has 0 aliphatic heterocycles. The first-order chi connectivity index (χ1) is 23.3. The minimum absolute atomic E-state index is 0.0100. The summed E-state index contributed by atoms with van der Waals surface area (Å²) in [6.07, 6.45) is -5.19. The van der Waals surface area contributed by atoms with Gasteiger partial charge in [-0.2, -0.15) is 22.3 Å². The van der Waals surface area contributed by atoms with E-state index in [0.717, 1.165) is 15.2 Å². The van der Waals surface area contributed by atoms with Gasteiger partial charge in [0.25, 0.3) is 0 Å². The number of nitrogens with zero attached hydrogens (tertiary/aromatic N) is 5. The van der Waals surface area contributed by atoms with Gasteiger partial charge >= 0.3 is 13.3 Å². The average Bonchev–Trinajstić information content (AvgIpc) is 3.55. The Labute approximate surface area is 280 Å². The number of sulfonamides is 1. The average molecular weight is 698 g/mol. The van der Waals surface area contributed by atoms with E-state index in [1.54, 1.807) is 72.8 Å². The Morgan fingerprint density at radius 3 is 1.65 bits per heavy atom. The van der Waals surface area contributed by atoms with Crippen LogP contribution in [0.25, 0.3) is 11.4 Å². The second-order valence-electron chi connectivity index (χ2n) is 10.7. The lowest BCUT2D eigenvalue weighted by Gasteiger charge is -2.26. The number of aromatic nitrogens is 4. The number of ether oxygens (including phenoxy) is 3. The van der Waals surface area contributed by atoms with E-state index in [2.05, 4.69) is 15.4 Å². The van der Waals surface area contributed by atoms with Crippen LogP contribution in [0.15, 0.2) is 89.8 Å². The van der Waals surface area contributed by atoms with Crippen molar-refractivity contribution in [2.75, 3.05) is 21.3 Å². The maximum atomic E-state index is 14.7. The van der Waals surface area contributed by atoms with Crippen molar-refractivity contribution >= 4 is 22.6 Å². The lowest BCUT2D eigenvalue weighted by atomic mass is 9.76. The fourth-order valence-electron chi connectivity index (χ4n) is 5.06. The molecule has 5 rings (SSSR count). The van der Waals surface area contributed by atoms with Crippen LogP contribution in [0.3, 0.4) is 0 Å². The van der Waals surface area contributed by atoms with Gasteiger partial charge in [0.2, 0.25) is 15.8 Å². The number of tetrazole rings is 1. The molecule has 0 saturated carbocycles. The van der Waals surface area contributed by atoms with Crippen LogP contribution in [0.4, 0.5) is 13.2 Å². The van der Waals surface area contributed by atoms with Crippen molar-refractivity contribution in [2.24, 2.45) is 0 Å². The molecule has 0 amide bonds. The highest BCUT2D eigenvalue weighted by molar-refractivity contribution is 7.89. The summed E-state index contributed by atoms with van der Waals surface area (Å²) in [6.45, 7) is -0.715. The predicted octanol–water partition coefficient (Wildman–Crippen LogP) is 3.50. The van der Waals surface area contributed by atoms with Crippen molar-refractivity contribution in [1.29, 1.82) is 0 Å². The molecule has 49 heavy (non-hydrogen) atoms. The van der Waals surface area contributed by atoms with Gasteiger partial charge in [0.05, 0.1) is 33.4 Å². The van der Waals surface area contributed by atoms with Crippen LogP contribution < -0.4 is 19.7 Å². The summed E-state index contributed by atoms with van der Waals surface area (Å²) in [7, 11) is -3.11. The van der Waals surface area contributed by atoms with Gasteiger partial charge in [0, 0.05) is 18.7 Å². The Balaban J connectivity index is 1.68. The Kier molecular flexibility index (Phi) is 10.6. The third kappa shape index (κ3) is 8.02. The molecule has 0 unspecified atom stereocenters. The van der Waals surface area contributed by atoms with Gasteiger partial charge in [0.15, 0.2) is 0 Å². The maximum Gasteiger partial charge on any atom is 0.489 e. The van der Waals surface area contributed by atoms with Gasteiger partial charge in [-0.05, 0) is 69.8 Å². The van der Waals surface area contributed by atoms with Crippen LogP contribution in [0, 0.1) is 0 Å². The number of rotatable bonds is 13. The van der Waals surface area contributed by atoms with Crippen LogP contribution in [0.5, 0.6) is 17.2 Å². The third-order valence-corrected chi connectivity index (χ3v) is 9.44. The van der Waals surface area contributed by atoms with Crippen LogP contribution in [0.1, 0.15) is 22.3 Å². The Bertz CT molecular complexity index is 1940. The fraction of sp³-hybridized carbons (Fsp3) is 0.219. The van der Waals surface area contributed by atoms with Crippen LogP contribution in [0.2, 0.25) is 0 Å². The van der Waals surface area contributed by atoms with Crippen molar-refractivity contribution in [2.45, 2.75) is 30.7 Å². The number of methoxy groups -OCH3 is 3. The molecule has 5 aromatic rings. The molecule has 0 atom stereocenters. The molecule has 0 radical (unpaired) electrons. The predicted molar refractivity (Wildman–Crippen MR) is 173 cm³/mol. The van der Waals surface area contributed by atoms with Crippen LogP contribution >= 0.6 is 0 Å². The molecule has 12 nitrogen and oxygen atoms in total. The van der Waals surface area contributed by atoms with Crippen LogP contribution in [-0.2, 0) is 35.8 Å². The Morgan fingerprint density at radius 2 is 1.22 bits per heavy atom. The molecule has 0 aliphatic rings. The lowest BCUT2D eigenvalue weighted by molar-refractivity contribution is -0.139. The van der Waals surface area contributed by atoms with E-state index >= 15 is 0 Å². The lowest BCUT2D eigenvalue weighted by Crippen LogP contribution is -2.37. The largest absolute Gasteiger partial charge is 0.497 e. The van der Waals surface area contributed by atoms with Crippen molar-refractivity contribution in [3.63, 3.8) is 0 Å². The molecule has 256 valence electrons. The van der Waals surface area contributed by atoms with Crippen molar-refractivity contribution < 1.29 is 45.8 Å². The van der Waals surface area contributed by atoms with Crippen molar-refractivity contribution in [1.82, 2.24) is 24.5 Å². The second-order valence-corrected chi connectivity index (χ2v) is 12.6. The first-order valence-corrected chi connectivity index (χ1v) is 16.1. The Hall–Kier alpha value is -4.97. The minimum atomic E-state index is -5.19. The van der Waals surface area contributed by atoms with Crippen LogP contribution in [-0.4, -0.2) is 71.4 Å². The number of alkyl halides is 3. The summed E-state index contributed by atoms with van der Waals surface area (Å²) in [4.78, 5) is -0.204. The summed E-state index contributed by atoms with van der Waals surface area (Å²) in [6, 6.07) is 20.8. The smallest absolute Gasteiger partial charge is 0.489 e. The highest BCUT2D eigenvalue weighted by atomic mass is 32.2. The maximum absolute atomic E-state index is 14.7. The quantitative estimate of drug-likeness (QED) is 0.175. The SMILES string of the molecule is COc1ccc(CN(Cc2ccc(OC)cc2)S(=O)(=O)c2c(C(F)(F)F)ccc(B(O)O)c2-c2nnn(Cc3ccc(OC)cc3)n2)cc1. The van der Waals surface area contributed by atoms with Gasteiger partial charge in [0.1, 0.15) is 22.1 Å². The Morgan fingerprint density at radius 1 is 0.755 bits per heavy atom. The topological polar surface area (TPSA) is 149 Å². The molecule has 1 heterocycles. The minimum Gasteiger partial charge on any atom is -0.497 e. The van der Waals surface area contributed by atoms with Gasteiger partial charge in [-0.15, -0.1) is 10.2 Å². The zero-order chi connectivity index (χ0) is 35.3. The van der Waals surface area contributed by atoms with E-state index in [1.165, 1.54) is 21.3 Å². The highest BCUT2D eigenvalue weighted by Crippen LogP contribution is 2.40. The van der Waals surface area contributed by atoms with E-state index in [0.29, 0.717) is 40.0 Å². The van der Waals surface area contributed by atoms with Crippen molar-refractivity contribution in [3.05, 3.63) is 107 Å². The van der Waals surface area contributed by atoms with Gasteiger partial charge < -0.3 is 24.3 Å². The summed E-state index contributed by atoms with van der Waals surface area (Å²) < 4.78 is 90.0. The molecular formula is C32H31BF3N5O7S. The zero-order valence-electron chi connectivity index (χ0n) is 26.5. The number of benzene rings is 4. The molecule has 17 heteroatoms. The summed E-state index contributed by atoms with van der Waals surface area (Å²) in [5.74, 6) is 1.01. The normalized spacial score (nSPS) is 11.9. The van der Waals surface area contributed by atoms with E-state index in [9.17, 15) is 31.6 Å². The van der Waals surface area contributed by atoms with E-state index in [1.807, 2.05) is 0 Å². The molecule has 0 bridgehead atoms. The third-order valence-electron chi connectivity index (χ3n) is 7.57. The molecule has 2 N–H and O–H groups in total. The summed E-state index contributed by atoms with van der Waals surface area (Å²) >= 11 is 0. The zero-order valence-corrected chi connectivity index (χ0v) is 27.3. The van der Waals surface area contributed by atoms with Crippen molar-refractivity contribution in [3.8, 4) is 28.6 Å². The van der Waals surface area contributed by atoms with E-state index in [4.69, 9.17) is 14.2 Å². The molecule has 0 saturated heterocycles. The van der Waals surface area contributed by atoms with Gasteiger partial charge in [-0.25, -0.2) is 8.42 Å². The summed E-state index contributed by atoms with van der Waals surface area (Å²) in [5.41, 5.74) is -1.31. The molecule has 1 aromatic heterocycles. The first kappa shape index (κ1) is 35.3. The summed E-state index contributed by atoms with van der Waals surface area (Å²) in [5, 5.41) is 32.6. The monoisotopic (exact) mass is 697 g/mol. The highest BCUT2D eigenvalue weighted by Gasteiger charge is 2.43. The first-order valence-electron chi connectivity index (χ1n) is 14.6. The molecule has 4 aromatic carbocycles. The fourth-order valence-corrected chi connectivity index (χ4v) is 6.89. The van der Waals surface area contributed by atoms with Gasteiger partial charge in [-0.3, -0.25) is 0 Å². The van der Waals surface area contributed by atoms with Gasteiger partial charge in [-0.1, -0.05) is 42.5 Å². The number of hydrogen-bond donors (Lipinski definition) is 2. The second kappa shape index (κ2) is 14.7. The standard InChI is InChI=1S/C32H31BF3N5O7S/c1-46-24-10-4-21(5-11-24)18-40(19-22-6-12-25(47-2)13-7-22)49(44,45)30-27(32(34,35)36)16-17-28(33(42)43)29(30)31-37-39-41(38-31)20-23-8-14-26(48-3)15-9-23/h4-17,42-43H,18-20H2,1-3H3.